The molecule has 6 heteroatoms. The molecule has 1 N–H and O–H groups in total. The van der Waals surface area contributed by atoms with Gasteiger partial charge in [0, 0.05) is 43.4 Å². The fourth-order valence-corrected chi connectivity index (χ4v) is 4.64. The van der Waals surface area contributed by atoms with Crippen LogP contribution in [0.15, 0.2) is 48.5 Å². The topological polar surface area (TPSA) is 70.1 Å². The minimum absolute atomic E-state index is 0.0308. The number of para-hydroxylation sites is 1. The molecule has 1 saturated heterocycles. The molecular weight excluding hydrogens is 404 g/mol. The van der Waals surface area contributed by atoms with Gasteiger partial charge in [-0.1, -0.05) is 18.2 Å². The van der Waals surface area contributed by atoms with Gasteiger partial charge >= 0.3 is 0 Å². The van der Waals surface area contributed by atoms with E-state index in [0.29, 0.717) is 31.7 Å². The number of anilines is 1. The summed E-state index contributed by atoms with van der Waals surface area (Å²) in [6, 6.07) is 15.6. The quantitative estimate of drug-likeness (QED) is 0.639. The zero-order valence-corrected chi connectivity index (χ0v) is 18.5. The number of aliphatic hydroxyl groups excluding tert-OH is 1. The van der Waals surface area contributed by atoms with Crippen LogP contribution >= 0.6 is 0 Å². The number of piperidine rings is 1. The number of rotatable bonds is 8. The number of aliphatic hydroxyl groups is 1. The Kier molecular flexibility index (Phi) is 7.43. The molecule has 0 bridgehead atoms. The molecule has 2 heterocycles. The van der Waals surface area contributed by atoms with Crippen LogP contribution < -0.4 is 9.64 Å². The number of amides is 2. The number of aryl methyl sites for hydroxylation is 1. The van der Waals surface area contributed by atoms with Crippen molar-refractivity contribution in [2.24, 2.45) is 0 Å². The third-order valence-electron chi connectivity index (χ3n) is 6.42. The van der Waals surface area contributed by atoms with Crippen molar-refractivity contribution in [1.29, 1.82) is 0 Å². The van der Waals surface area contributed by atoms with Crippen molar-refractivity contribution < 1.29 is 19.4 Å². The molecule has 1 fully saturated rings. The average molecular weight is 437 g/mol. The summed E-state index contributed by atoms with van der Waals surface area (Å²) in [5.74, 6) is 0.982. The molecule has 2 aliphatic heterocycles. The molecule has 4 rings (SSSR count). The van der Waals surface area contributed by atoms with E-state index in [2.05, 4.69) is 6.07 Å². The van der Waals surface area contributed by atoms with Gasteiger partial charge < -0.3 is 19.6 Å². The Morgan fingerprint density at radius 2 is 1.72 bits per heavy atom. The summed E-state index contributed by atoms with van der Waals surface area (Å²) >= 11 is 0. The Labute approximate surface area is 189 Å². The highest BCUT2D eigenvalue weighted by Crippen LogP contribution is 2.32. The number of ether oxygens (including phenoxy) is 1. The first-order chi connectivity index (χ1) is 15.7. The second kappa shape index (κ2) is 10.6. The van der Waals surface area contributed by atoms with Crippen molar-refractivity contribution in [3.8, 4) is 5.75 Å². The number of nitrogens with zero attached hydrogens (tertiary/aromatic N) is 2. The third kappa shape index (κ3) is 5.13. The molecule has 0 unspecified atom stereocenters. The van der Waals surface area contributed by atoms with Crippen LogP contribution in [0, 0.1) is 0 Å². The van der Waals surface area contributed by atoms with Crippen molar-refractivity contribution in [1.82, 2.24) is 4.90 Å². The number of hydrogen-bond acceptors (Lipinski definition) is 4. The molecule has 2 aromatic rings. The first-order valence-electron chi connectivity index (χ1n) is 11.7. The number of carbonyl (C=O) groups excluding carboxylic acids is 2. The fraction of sp³-hybridized carbons (Fsp3) is 0.462. The lowest BCUT2D eigenvalue weighted by Crippen LogP contribution is -2.50. The molecule has 0 saturated carbocycles. The number of likely N-dealkylation sites (tertiary alicyclic amines) is 1. The summed E-state index contributed by atoms with van der Waals surface area (Å²) in [6.45, 7) is 2.13. The van der Waals surface area contributed by atoms with Gasteiger partial charge in [-0.05, 0) is 74.4 Å². The lowest BCUT2D eigenvalue weighted by molar-refractivity contribution is -0.119. The summed E-state index contributed by atoms with van der Waals surface area (Å²) < 4.78 is 5.71. The van der Waals surface area contributed by atoms with Gasteiger partial charge in [0.2, 0.25) is 5.91 Å². The summed E-state index contributed by atoms with van der Waals surface area (Å²) in [4.78, 5) is 29.5. The first-order valence-corrected chi connectivity index (χ1v) is 11.7. The van der Waals surface area contributed by atoms with Crippen molar-refractivity contribution in [2.75, 3.05) is 31.2 Å². The van der Waals surface area contributed by atoms with E-state index in [9.17, 15) is 9.59 Å². The Hall–Kier alpha value is -2.86. The molecule has 2 amide bonds. The van der Waals surface area contributed by atoms with Crippen LogP contribution in [-0.4, -0.2) is 54.2 Å². The maximum atomic E-state index is 13.0. The summed E-state index contributed by atoms with van der Waals surface area (Å²) in [6.07, 6.45) is 5.60. The summed E-state index contributed by atoms with van der Waals surface area (Å²) in [5, 5.41) is 8.81. The maximum Gasteiger partial charge on any atom is 0.253 e. The maximum absolute atomic E-state index is 13.0. The molecule has 0 aliphatic carbocycles. The molecular formula is C26H32N2O4. The fourth-order valence-electron chi connectivity index (χ4n) is 4.64. The third-order valence-corrected chi connectivity index (χ3v) is 6.42. The van der Waals surface area contributed by atoms with Gasteiger partial charge in [-0.15, -0.1) is 0 Å². The molecule has 6 nitrogen and oxygen atoms in total. The van der Waals surface area contributed by atoms with E-state index in [0.717, 1.165) is 50.0 Å². The van der Waals surface area contributed by atoms with E-state index >= 15 is 0 Å². The van der Waals surface area contributed by atoms with Crippen LogP contribution in [0.5, 0.6) is 5.75 Å². The van der Waals surface area contributed by atoms with E-state index in [1.807, 2.05) is 52.3 Å². The van der Waals surface area contributed by atoms with Gasteiger partial charge in [0.25, 0.3) is 5.91 Å². The highest BCUT2D eigenvalue weighted by molar-refractivity contribution is 5.97. The van der Waals surface area contributed by atoms with Gasteiger partial charge in [-0.25, -0.2) is 0 Å². The minimum atomic E-state index is 0.0308. The molecule has 0 atom stereocenters. The Balaban J connectivity index is 1.31. The molecule has 2 aliphatic rings. The second-order valence-electron chi connectivity index (χ2n) is 8.57. The average Bonchev–Trinajstić information content (AvgIpc) is 2.84. The molecule has 0 spiro atoms. The van der Waals surface area contributed by atoms with Crippen LogP contribution in [0.1, 0.15) is 54.4 Å². The van der Waals surface area contributed by atoms with Gasteiger partial charge in [-0.2, -0.15) is 0 Å². The largest absolute Gasteiger partial charge is 0.494 e. The predicted octanol–water partition coefficient (Wildman–Crippen LogP) is 3.81. The number of carbonyl (C=O) groups is 2. The van der Waals surface area contributed by atoms with Crippen molar-refractivity contribution >= 4 is 17.5 Å². The minimum Gasteiger partial charge on any atom is -0.494 e. The van der Waals surface area contributed by atoms with E-state index in [1.165, 1.54) is 5.56 Å². The zero-order valence-electron chi connectivity index (χ0n) is 18.5. The monoisotopic (exact) mass is 436 g/mol. The summed E-state index contributed by atoms with van der Waals surface area (Å²) in [7, 11) is 0. The number of hydrogen-bond donors (Lipinski definition) is 1. The molecule has 32 heavy (non-hydrogen) atoms. The number of fused-ring (bicyclic) bond motifs is 1. The molecule has 170 valence electrons. The van der Waals surface area contributed by atoms with Crippen molar-refractivity contribution in [3.63, 3.8) is 0 Å². The highest BCUT2D eigenvalue weighted by atomic mass is 16.5. The Bertz CT molecular complexity index is 920. The van der Waals surface area contributed by atoms with Crippen LogP contribution in [-0.2, 0) is 11.2 Å². The van der Waals surface area contributed by atoms with Crippen molar-refractivity contribution in [2.45, 2.75) is 51.0 Å². The van der Waals surface area contributed by atoms with E-state index in [1.54, 1.807) is 0 Å². The van der Waals surface area contributed by atoms with Crippen molar-refractivity contribution in [3.05, 3.63) is 59.7 Å². The van der Waals surface area contributed by atoms with E-state index in [4.69, 9.17) is 9.84 Å². The predicted molar refractivity (Wildman–Crippen MR) is 124 cm³/mol. The van der Waals surface area contributed by atoms with E-state index < -0.39 is 0 Å². The first kappa shape index (κ1) is 22.3. The number of benzene rings is 2. The lowest BCUT2D eigenvalue weighted by Gasteiger charge is -2.41. The Morgan fingerprint density at radius 3 is 2.47 bits per heavy atom. The van der Waals surface area contributed by atoms with Crippen LogP contribution in [0.4, 0.5) is 5.69 Å². The second-order valence-corrected chi connectivity index (χ2v) is 8.57. The molecule has 0 radical (unpaired) electrons. The Morgan fingerprint density at radius 1 is 0.969 bits per heavy atom. The molecule has 0 aromatic heterocycles. The van der Waals surface area contributed by atoms with Crippen LogP contribution in [0.3, 0.4) is 0 Å². The van der Waals surface area contributed by atoms with E-state index in [-0.39, 0.29) is 24.5 Å². The van der Waals surface area contributed by atoms with Gasteiger partial charge in [0.05, 0.1) is 6.61 Å². The number of unbranched alkanes of at least 4 members (excludes halogenated alkanes) is 2. The van der Waals surface area contributed by atoms with Gasteiger partial charge in [-0.3, -0.25) is 9.59 Å². The molecule has 2 aromatic carbocycles. The van der Waals surface area contributed by atoms with Gasteiger partial charge in [0.15, 0.2) is 0 Å². The lowest BCUT2D eigenvalue weighted by atomic mass is 9.95. The van der Waals surface area contributed by atoms with Gasteiger partial charge in [0.1, 0.15) is 5.75 Å². The normalized spacial score (nSPS) is 16.7. The zero-order chi connectivity index (χ0) is 22.3. The standard InChI is InChI=1S/C26H32N2O4/c29-18-4-1-5-19-32-23-11-8-21(9-12-23)26(31)27-16-14-22(15-17-27)28-24-7-3-2-6-20(24)10-13-25(28)30/h2-3,6-9,11-12,22,29H,1,4-5,10,13-19H2. The summed E-state index contributed by atoms with van der Waals surface area (Å²) in [5.41, 5.74) is 2.94. The highest BCUT2D eigenvalue weighted by Gasteiger charge is 2.33. The smallest absolute Gasteiger partial charge is 0.253 e. The SMILES string of the molecule is O=C(c1ccc(OCCCCCO)cc1)N1CCC(N2C(=O)CCc3ccccc32)CC1. The van der Waals surface area contributed by atoms with Crippen LogP contribution in [0.25, 0.3) is 0 Å². The van der Waals surface area contributed by atoms with Crippen LogP contribution in [0.2, 0.25) is 0 Å².